The highest BCUT2D eigenvalue weighted by molar-refractivity contribution is 9.40. The van der Waals surface area contributed by atoms with Crippen LogP contribution in [0, 0.1) is 0 Å². The van der Waals surface area contributed by atoms with Crippen LogP contribution in [0.15, 0.2) is 8.80 Å². The summed E-state index contributed by atoms with van der Waals surface area (Å²) in [6.07, 6.45) is 3.24. The van der Waals surface area contributed by atoms with Crippen LogP contribution in [0.5, 0.6) is 0 Å². The van der Waals surface area contributed by atoms with Crippen LogP contribution in [0.1, 0.15) is 19.3 Å². The monoisotopic (exact) mass is 464 g/mol. The minimum atomic E-state index is -3.83. The number of nitrogens with zero attached hydrogens (tertiary/aromatic N) is 3. The number of hydrogen-bond donors (Lipinski definition) is 1. The van der Waals surface area contributed by atoms with Crippen molar-refractivity contribution in [2.24, 2.45) is 8.80 Å². The summed E-state index contributed by atoms with van der Waals surface area (Å²) < 4.78 is 29.6. The number of rotatable bonds is 0. The summed E-state index contributed by atoms with van der Waals surface area (Å²) in [7, 11) is -3.83. The maximum atomic E-state index is 11.7. The molecule has 0 aliphatic carbocycles. The predicted molar refractivity (Wildman–Crippen MR) is 81.9 cm³/mol. The summed E-state index contributed by atoms with van der Waals surface area (Å²) in [5, 5.41) is 2.92. The van der Waals surface area contributed by atoms with Gasteiger partial charge in [0.05, 0.1) is 0 Å². The molecule has 0 aromatic heterocycles. The number of hydrogen-bond acceptors (Lipinski definition) is 4. The third kappa shape index (κ3) is 3.67. The Hall–Kier alpha value is 0.330. The zero-order valence-electron chi connectivity index (χ0n) is 9.24. The number of amidine groups is 1. The van der Waals surface area contributed by atoms with Gasteiger partial charge in [0.25, 0.3) is 0 Å². The lowest BCUT2D eigenvalue weighted by Gasteiger charge is -2.32. The van der Waals surface area contributed by atoms with E-state index in [4.69, 9.17) is 0 Å². The average Bonchev–Trinajstić information content (AvgIpc) is 2.27. The fourth-order valence-electron chi connectivity index (χ4n) is 1.76. The van der Waals surface area contributed by atoms with Gasteiger partial charge in [0, 0.05) is 13.1 Å². The van der Waals surface area contributed by atoms with Crippen molar-refractivity contribution in [1.29, 1.82) is 0 Å². The molecule has 1 fully saturated rings. The topological polar surface area (TPSA) is 74.1 Å². The normalized spacial score (nSPS) is 24.1. The smallest absolute Gasteiger partial charge is 0.342 e. The second kappa shape index (κ2) is 5.37. The van der Waals surface area contributed by atoms with Crippen LogP contribution >= 0.6 is 47.8 Å². The van der Waals surface area contributed by atoms with E-state index in [0.717, 1.165) is 32.4 Å². The second-order valence-electron chi connectivity index (χ2n) is 3.97. The number of nitrogens with one attached hydrogen (secondary N) is 1. The Balaban J connectivity index is 2.26. The molecule has 2 heterocycles. The van der Waals surface area contributed by atoms with E-state index < -0.39 is 12.4 Å². The molecule has 1 N–H and O–H groups in total. The van der Waals surface area contributed by atoms with Gasteiger partial charge in [-0.1, -0.05) is 47.8 Å². The number of likely N-dealkylation sites (tertiary alicyclic amines) is 1. The molecule has 1 saturated heterocycles. The van der Waals surface area contributed by atoms with E-state index in [-0.39, 0.29) is 5.84 Å². The second-order valence-corrected chi connectivity index (χ2v) is 12.0. The van der Waals surface area contributed by atoms with Crippen molar-refractivity contribution >= 4 is 69.8 Å². The molecule has 0 atom stereocenters. The van der Waals surface area contributed by atoms with E-state index in [1.807, 2.05) is 4.90 Å². The summed E-state index contributed by atoms with van der Waals surface area (Å²) in [6.45, 7) is 1.60. The van der Waals surface area contributed by atoms with Gasteiger partial charge >= 0.3 is 10.2 Å². The SMILES string of the molecule is O=S1(=O)N=C(N2CCCCC2)NC(C(Br)(Br)Br)=N1. The highest BCUT2D eigenvalue weighted by Gasteiger charge is 2.34. The Bertz CT molecular complexity index is 491. The Morgan fingerprint density at radius 2 is 1.72 bits per heavy atom. The fraction of sp³-hybridized carbons (Fsp3) is 0.750. The van der Waals surface area contributed by atoms with Crippen LogP contribution in [0.2, 0.25) is 0 Å². The Morgan fingerprint density at radius 1 is 1.11 bits per heavy atom. The Labute approximate surface area is 131 Å². The van der Waals surface area contributed by atoms with Crippen molar-refractivity contribution < 1.29 is 8.42 Å². The molecule has 0 amide bonds. The van der Waals surface area contributed by atoms with Crippen molar-refractivity contribution in [3.8, 4) is 0 Å². The molecular weight excluding hydrogens is 456 g/mol. The van der Waals surface area contributed by atoms with Crippen molar-refractivity contribution in [3.63, 3.8) is 0 Å². The van der Waals surface area contributed by atoms with E-state index in [0.29, 0.717) is 5.96 Å². The molecule has 0 radical (unpaired) electrons. The summed E-state index contributed by atoms with van der Waals surface area (Å²) >= 11 is 9.74. The first kappa shape index (κ1) is 14.7. The number of guanidine groups is 1. The molecule has 0 aromatic rings. The maximum Gasteiger partial charge on any atom is 0.368 e. The van der Waals surface area contributed by atoms with Gasteiger partial charge in [-0.3, -0.25) is 0 Å². The molecule has 102 valence electrons. The van der Waals surface area contributed by atoms with Crippen LogP contribution < -0.4 is 5.32 Å². The molecule has 2 aliphatic heterocycles. The standard InChI is InChI=1S/C8H11Br3N4O2S/c9-8(10,11)6-12-7(14-18(16,17)13-6)15-4-2-1-3-5-15/h1-5H2,(H,12,13,14). The molecule has 6 nitrogen and oxygen atoms in total. The van der Waals surface area contributed by atoms with E-state index >= 15 is 0 Å². The van der Waals surface area contributed by atoms with Gasteiger partial charge in [-0.15, -0.1) is 8.80 Å². The van der Waals surface area contributed by atoms with Crippen LogP contribution in [0.3, 0.4) is 0 Å². The molecular formula is C8H11Br3N4O2S. The first-order valence-electron chi connectivity index (χ1n) is 5.32. The molecule has 0 unspecified atom stereocenters. The zero-order valence-corrected chi connectivity index (χ0v) is 14.8. The largest absolute Gasteiger partial charge is 0.368 e. The van der Waals surface area contributed by atoms with E-state index in [1.165, 1.54) is 0 Å². The average molecular weight is 467 g/mol. The Morgan fingerprint density at radius 3 is 2.28 bits per heavy atom. The number of piperidine rings is 1. The fourth-order valence-corrected chi connectivity index (χ4v) is 3.51. The highest BCUT2D eigenvalue weighted by atomic mass is 80.0. The van der Waals surface area contributed by atoms with Crippen molar-refractivity contribution in [2.45, 2.75) is 21.4 Å². The van der Waals surface area contributed by atoms with Gasteiger partial charge in [-0.05, 0) is 19.3 Å². The quantitative estimate of drug-likeness (QED) is 0.553. The summed E-state index contributed by atoms with van der Waals surface area (Å²) in [4.78, 5) is 1.93. The molecule has 0 spiro atoms. The molecule has 0 bridgehead atoms. The molecule has 18 heavy (non-hydrogen) atoms. The molecule has 0 aromatic carbocycles. The summed E-state index contributed by atoms with van der Waals surface area (Å²) in [6, 6.07) is 0. The lowest BCUT2D eigenvalue weighted by atomic mass is 10.1. The molecule has 0 saturated carbocycles. The molecule has 10 heteroatoms. The van der Waals surface area contributed by atoms with Gasteiger partial charge in [0.1, 0.15) is 0 Å². The van der Waals surface area contributed by atoms with Crippen molar-refractivity contribution in [2.75, 3.05) is 13.1 Å². The van der Waals surface area contributed by atoms with Crippen LogP contribution in [0.25, 0.3) is 0 Å². The third-order valence-corrected chi connectivity index (χ3v) is 4.51. The van der Waals surface area contributed by atoms with Crippen molar-refractivity contribution in [1.82, 2.24) is 10.2 Å². The van der Waals surface area contributed by atoms with Gasteiger partial charge in [0.15, 0.2) is 7.98 Å². The third-order valence-electron chi connectivity index (χ3n) is 2.56. The minimum Gasteiger partial charge on any atom is -0.342 e. The lowest BCUT2D eigenvalue weighted by molar-refractivity contribution is 0.336. The number of halogens is 3. The van der Waals surface area contributed by atoms with Gasteiger partial charge in [-0.2, -0.15) is 8.42 Å². The van der Waals surface area contributed by atoms with Crippen LogP contribution in [-0.2, 0) is 10.2 Å². The zero-order chi connectivity index (χ0) is 13.4. The van der Waals surface area contributed by atoms with E-state index in [2.05, 4.69) is 61.9 Å². The summed E-state index contributed by atoms with van der Waals surface area (Å²) in [5.41, 5.74) is 0. The summed E-state index contributed by atoms with van der Waals surface area (Å²) in [5.74, 6) is 0.542. The highest BCUT2D eigenvalue weighted by Crippen LogP contribution is 2.35. The van der Waals surface area contributed by atoms with Gasteiger partial charge in [-0.25, -0.2) is 0 Å². The van der Waals surface area contributed by atoms with Crippen LogP contribution in [-0.4, -0.2) is 40.3 Å². The molecule has 2 aliphatic rings. The first-order chi connectivity index (χ1) is 8.28. The maximum absolute atomic E-state index is 11.7. The van der Waals surface area contributed by atoms with Crippen molar-refractivity contribution in [3.05, 3.63) is 0 Å². The van der Waals surface area contributed by atoms with Gasteiger partial charge < -0.3 is 10.2 Å². The Kier molecular flexibility index (Phi) is 4.40. The van der Waals surface area contributed by atoms with Crippen LogP contribution in [0.4, 0.5) is 0 Å². The lowest BCUT2D eigenvalue weighted by Crippen LogP contribution is -2.51. The minimum absolute atomic E-state index is 0.207. The van der Waals surface area contributed by atoms with E-state index in [1.54, 1.807) is 0 Å². The number of alkyl halides is 3. The first-order valence-corrected chi connectivity index (χ1v) is 9.09. The van der Waals surface area contributed by atoms with E-state index in [9.17, 15) is 8.42 Å². The van der Waals surface area contributed by atoms with Gasteiger partial charge in [0.2, 0.25) is 5.96 Å². The predicted octanol–water partition coefficient (Wildman–Crippen LogP) is 1.91. The molecule has 2 rings (SSSR count).